The summed E-state index contributed by atoms with van der Waals surface area (Å²) in [6.45, 7) is 9.51. The second-order valence-corrected chi connectivity index (χ2v) is 9.71. The van der Waals surface area contributed by atoms with Crippen molar-refractivity contribution >= 4 is 21.6 Å². The van der Waals surface area contributed by atoms with Gasteiger partial charge in [-0.2, -0.15) is 0 Å². The fraction of sp³-hybridized carbons (Fsp3) is 0.500. The molecule has 1 aliphatic carbocycles. The van der Waals surface area contributed by atoms with E-state index in [1.54, 1.807) is 11.3 Å². The predicted octanol–water partition coefficient (Wildman–Crippen LogP) is 5.47. The number of benzene rings is 1. The number of aryl methyl sites for hydroxylation is 2. The predicted molar refractivity (Wildman–Crippen MR) is 122 cm³/mol. The molecule has 0 saturated carbocycles. The zero-order valence-corrected chi connectivity index (χ0v) is 18.7. The number of H-pyrrole nitrogens is 1. The van der Waals surface area contributed by atoms with Crippen LogP contribution >= 0.6 is 11.3 Å². The molecule has 0 amide bonds. The van der Waals surface area contributed by atoms with E-state index in [9.17, 15) is 4.79 Å². The Hall–Kier alpha value is -1.98. The summed E-state index contributed by atoms with van der Waals surface area (Å²) in [7, 11) is 0. The van der Waals surface area contributed by atoms with Gasteiger partial charge in [0.05, 0.1) is 11.9 Å². The van der Waals surface area contributed by atoms with E-state index in [0.29, 0.717) is 18.4 Å². The second kappa shape index (κ2) is 8.41. The quantitative estimate of drug-likeness (QED) is 0.544. The van der Waals surface area contributed by atoms with E-state index < -0.39 is 0 Å². The molecule has 1 aliphatic rings. The van der Waals surface area contributed by atoms with Crippen LogP contribution in [0.4, 0.5) is 0 Å². The minimum atomic E-state index is 0.0187. The monoisotopic (exact) mass is 409 g/mol. The number of nitrogens with zero attached hydrogens (tertiary/aromatic N) is 1. The molecule has 2 heterocycles. The highest BCUT2D eigenvalue weighted by molar-refractivity contribution is 7.18. The second-order valence-electron chi connectivity index (χ2n) is 8.63. The van der Waals surface area contributed by atoms with Crippen molar-refractivity contribution < 1.29 is 0 Å². The number of fused-ring (bicyclic) bond motifs is 3. The molecule has 5 heteroatoms. The van der Waals surface area contributed by atoms with Gasteiger partial charge in [-0.3, -0.25) is 4.79 Å². The van der Waals surface area contributed by atoms with E-state index in [0.717, 1.165) is 41.7 Å². The first-order chi connectivity index (χ1) is 14.0. The van der Waals surface area contributed by atoms with Crippen molar-refractivity contribution in [2.24, 2.45) is 5.92 Å². The topological polar surface area (TPSA) is 57.8 Å². The molecule has 3 aromatic rings. The normalized spacial score (nSPS) is 15.8. The lowest BCUT2D eigenvalue weighted by Gasteiger charge is -2.23. The van der Waals surface area contributed by atoms with Gasteiger partial charge in [-0.05, 0) is 54.2 Å². The van der Waals surface area contributed by atoms with Crippen LogP contribution in [-0.2, 0) is 19.4 Å². The number of rotatable bonds is 7. The van der Waals surface area contributed by atoms with E-state index in [1.165, 1.54) is 21.6 Å². The Kier molecular flexibility index (Phi) is 5.88. The fourth-order valence-electron chi connectivity index (χ4n) is 4.34. The van der Waals surface area contributed by atoms with Crippen molar-refractivity contribution in [1.29, 1.82) is 0 Å². The summed E-state index contributed by atoms with van der Waals surface area (Å²) in [5.41, 5.74) is 3.93. The molecule has 29 heavy (non-hydrogen) atoms. The molecule has 0 aliphatic heterocycles. The van der Waals surface area contributed by atoms with Crippen molar-refractivity contribution in [1.82, 2.24) is 15.3 Å². The van der Waals surface area contributed by atoms with Crippen LogP contribution in [0.1, 0.15) is 79.9 Å². The highest BCUT2D eigenvalue weighted by atomic mass is 32.1. The lowest BCUT2D eigenvalue weighted by molar-refractivity contribution is 0.406. The van der Waals surface area contributed by atoms with Gasteiger partial charge < -0.3 is 10.3 Å². The van der Waals surface area contributed by atoms with Gasteiger partial charge in [0.2, 0.25) is 0 Å². The lowest BCUT2D eigenvalue weighted by Crippen LogP contribution is -2.27. The molecule has 0 saturated heterocycles. The highest BCUT2D eigenvalue weighted by Gasteiger charge is 2.22. The Balaban J connectivity index is 1.53. The van der Waals surface area contributed by atoms with E-state index in [4.69, 9.17) is 4.98 Å². The summed E-state index contributed by atoms with van der Waals surface area (Å²) in [5, 5.41) is 4.45. The fourth-order valence-corrected chi connectivity index (χ4v) is 5.62. The van der Waals surface area contributed by atoms with E-state index in [2.05, 4.69) is 62.3 Å². The Labute approximate surface area is 176 Å². The minimum Gasteiger partial charge on any atom is -0.309 e. The standard InChI is InChI=1S/C24H31N3OS/c1-5-15(4)16-9-11-17(12-10-16)22(14(2)3)25-13-20-26-23(28)21-18-7-6-8-19(18)29-24(21)27-20/h9-12,14-15,22,25H,5-8,13H2,1-4H3,(H,26,27,28)/t15-,22+/m0/s1. The zero-order chi connectivity index (χ0) is 20.5. The molecule has 2 aromatic heterocycles. The third kappa shape index (κ3) is 4.03. The Morgan fingerprint density at radius 2 is 1.86 bits per heavy atom. The van der Waals surface area contributed by atoms with Crippen LogP contribution in [0.25, 0.3) is 10.2 Å². The number of aromatic amines is 1. The van der Waals surface area contributed by atoms with Gasteiger partial charge in [0.1, 0.15) is 10.7 Å². The SMILES string of the molecule is CC[C@H](C)c1ccc([C@H](NCc2nc3sc4c(c3c(=O)[nH]2)CCC4)C(C)C)cc1. The number of aromatic nitrogens is 2. The number of hydrogen-bond acceptors (Lipinski definition) is 4. The van der Waals surface area contributed by atoms with Crippen LogP contribution in [0, 0.1) is 5.92 Å². The van der Waals surface area contributed by atoms with Gasteiger partial charge in [0.25, 0.3) is 5.56 Å². The van der Waals surface area contributed by atoms with E-state index in [-0.39, 0.29) is 11.6 Å². The first kappa shape index (κ1) is 20.3. The van der Waals surface area contributed by atoms with Crippen LogP contribution in [0.3, 0.4) is 0 Å². The van der Waals surface area contributed by atoms with Crippen LogP contribution in [0.2, 0.25) is 0 Å². The van der Waals surface area contributed by atoms with Crippen LogP contribution in [0.5, 0.6) is 0 Å². The maximum absolute atomic E-state index is 12.7. The average Bonchev–Trinajstić information content (AvgIpc) is 3.28. The highest BCUT2D eigenvalue weighted by Crippen LogP contribution is 2.34. The first-order valence-corrected chi connectivity index (χ1v) is 11.7. The van der Waals surface area contributed by atoms with Crippen LogP contribution in [0.15, 0.2) is 29.1 Å². The molecule has 4 nitrogen and oxygen atoms in total. The van der Waals surface area contributed by atoms with Crippen LogP contribution < -0.4 is 10.9 Å². The molecular formula is C24H31N3OS. The van der Waals surface area contributed by atoms with Crippen LogP contribution in [-0.4, -0.2) is 9.97 Å². The van der Waals surface area contributed by atoms with Gasteiger partial charge in [0, 0.05) is 10.9 Å². The number of hydrogen-bond donors (Lipinski definition) is 2. The van der Waals surface area contributed by atoms with Crippen molar-refractivity contribution in [2.75, 3.05) is 0 Å². The van der Waals surface area contributed by atoms with Gasteiger partial charge in [-0.1, -0.05) is 52.0 Å². The first-order valence-electron chi connectivity index (χ1n) is 10.8. The molecule has 1 aromatic carbocycles. The summed E-state index contributed by atoms with van der Waals surface area (Å²) in [4.78, 5) is 22.7. The van der Waals surface area contributed by atoms with Gasteiger partial charge in [-0.15, -0.1) is 11.3 Å². The van der Waals surface area contributed by atoms with Gasteiger partial charge in [0.15, 0.2) is 0 Å². The third-order valence-electron chi connectivity index (χ3n) is 6.26. The molecular weight excluding hydrogens is 378 g/mol. The summed E-state index contributed by atoms with van der Waals surface area (Å²) in [5.74, 6) is 1.75. The van der Waals surface area contributed by atoms with Crippen molar-refractivity contribution in [3.05, 3.63) is 62.0 Å². The molecule has 154 valence electrons. The molecule has 0 bridgehead atoms. The molecule has 0 fully saturated rings. The average molecular weight is 410 g/mol. The Morgan fingerprint density at radius 1 is 1.14 bits per heavy atom. The summed E-state index contributed by atoms with van der Waals surface area (Å²) >= 11 is 1.70. The lowest BCUT2D eigenvalue weighted by atomic mass is 9.92. The van der Waals surface area contributed by atoms with Gasteiger partial charge >= 0.3 is 0 Å². The molecule has 0 unspecified atom stereocenters. The van der Waals surface area contributed by atoms with E-state index in [1.807, 2.05) is 0 Å². The molecule has 0 spiro atoms. The number of nitrogens with one attached hydrogen (secondary N) is 2. The molecule has 2 N–H and O–H groups in total. The Morgan fingerprint density at radius 3 is 2.55 bits per heavy atom. The molecule has 2 atom stereocenters. The molecule has 4 rings (SSSR count). The van der Waals surface area contributed by atoms with Gasteiger partial charge in [-0.25, -0.2) is 4.98 Å². The van der Waals surface area contributed by atoms with Crippen molar-refractivity contribution in [2.45, 2.75) is 71.9 Å². The van der Waals surface area contributed by atoms with Crippen molar-refractivity contribution in [3.8, 4) is 0 Å². The maximum Gasteiger partial charge on any atom is 0.259 e. The molecule has 0 radical (unpaired) electrons. The number of thiophene rings is 1. The smallest absolute Gasteiger partial charge is 0.259 e. The third-order valence-corrected chi connectivity index (χ3v) is 7.44. The zero-order valence-electron chi connectivity index (χ0n) is 17.8. The summed E-state index contributed by atoms with van der Waals surface area (Å²) in [6, 6.07) is 9.19. The minimum absolute atomic E-state index is 0.0187. The van der Waals surface area contributed by atoms with E-state index >= 15 is 0 Å². The largest absolute Gasteiger partial charge is 0.309 e. The maximum atomic E-state index is 12.7. The summed E-state index contributed by atoms with van der Waals surface area (Å²) < 4.78 is 0. The summed E-state index contributed by atoms with van der Waals surface area (Å²) in [6.07, 6.45) is 4.41. The Bertz CT molecular complexity index is 1050. The van der Waals surface area contributed by atoms with Crippen molar-refractivity contribution in [3.63, 3.8) is 0 Å².